The summed E-state index contributed by atoms with van der Waals surface area (Å²) in [5, 5.41) is 0. The maximum atomic E-state index is 3.65. The van der Waals surface area contributed by atoms with Crippen molar-refractivity contribution in [2.24, 2.45) is 0 Å². The summed E-state index contributed by atoms with van der Waals surface area (Å²) in [5.41, 5.74) is 3.83. The second-order valence-corrected chi connectivity index (χ2v) is 6.79. The van der Waals surface area contributed by atoms with Gasteiger partial charge in [0.2, 0.25) is 0 Å². The van der Waals surface area contributed by atoms with Gasteiger partial charge in [0.1, 0.15) is 0 Å². The molecule has 16 heavy (non-hydrogen) atoms. The summed E-state index contributed by atoms with van der Waals surface area (Å²) >= 11 is 9.20. The first-order valence-corrected chi connectivity index (χ1v) is 7.61. The van der Waals surface area contributed by atoms with Crippen LogP contribution in [0.5, 0.6) is 0 Å². The van der Waals surface area contributed by atoms with E-state index in [-0.39, 0.29) is 0 Å². The summed E-state index contributed by atoms with van der Waals surface area (Å²) in [6.07, 6.45) is 0. The fraction of sp³-hybridized carbons (Fsp3) is 0.333. The summed E-state index contributed by atoms with van der Waals surface area (Å²) in [5.74, 6) is 0.998. The molecule has 1 aromatic carbocycles. The average Bonchev–Trinajstić information content (AvgIpc) is 2.48. The molecule has 1 aromatic rings. The van der Waals surface area contributed by atoms with Gasteiger partial charge in [0.15, 0.2) is 0 Å². The standard InChI is InChI=1S/C12H13Br2NS/c1-7-4-10(13)12(11(14)5-7)15-6-16-9(3)8(15)2/h4-5H,6H2,1-3H3. The lowest BCUT2D eigenvalue weighted by Crippen LogP contribution is -2.17. The number of hydrogen-bond donors (Lipinski definition) is 0. The highest BCUT2D eigenvalue weighted by Crippen LogP contribution is 2.42. The molecule has 0 atom stereocenters. The smallest absolute Gasteiger partial charge is 0.0729 e. The molecule has 0 unspecified atom stereocenters. The van der Waals surface area contributed by atoms with Crippen LogP contribution in [0.4, 0.5) is 5.69 Å². The van der Waals surface area contributed by atoms with E-state index < -0.39 is 0 Å². The third-order valence-electron chi connectivity index (χ3n) is 2.76. The van der Waals surface area contributed by atoms with E-state index in [4.69, 9.17) is 0 Å². The van der Waals surface area contributed by atoms with Crippen molar-refractivity contribution in [1.29, 1.82) is 0 Å². The number of allylic oxidation sites excluding steroid dienone is 2. The van der Waals surface area contributed by atoms with Crippen molar-refractivity contribution in [3.8, 4) is 0 Å². The van der Waals surface area contributed by atoms with Gasteiger partial charge < -0.3 is 4.90 Å². The van der Waals surface area contributed by atoms with Crippen LogP contribution in [0, 0.1) is 6.92 Å². The van der Waals surface area contributed by atoms with Gasteiger partial charge in [-0.1, -0.05) is 0 Å². The highest BCUT2D eigenvalue weighted by atomic mass is 79.9. The summed E-state index contributed by atoms with van der Waals surface area (Å²) in [6, 6.07) is 4.32. The Kier molecular flexibility index (Phi) is 3.72. The fourth-order valence-corrected chi connectivity index (χ4v) is 4.54. The number of halogens is 2. The first-order valence-electron chi connectivity index (χ1n) is 5.04. The van der Waals surface area contributed by atoms with Gasteiger partial charge in [-0.2, -0.15) is 0 Å². The highest BCUT2D eigenvalue weighted by molar-refractivity contribution is 9.11. The minimum Gasteiger partial charge on any atom is -0.333 e. The van der Waals surface area contributed by atoms with E-state index >= 15 is 0 Å². The molecule has 0 N–H and O–H groups in total. The van der Waals surface area contributed by atoms with Gasteiger partial charge in [-0.15, -0.1) is 11.8 Å². The van der Waals surface area contributed by atoms with Gasteiger partial charge >= 0.3 is 0 Å². The zero-order valence-electron chi connectivity index (χ0n) is 9.47. The molecule has 1 heterocycles. The van der Waals surface area contributed by atoms with Gasteiger partial charge in [0, 0.05) is 19.5 Å². The molecule has 0 saturated carbocycles. The molecule has 0 bridgehead atoms. The van der Waals surface area contributed by atoms with Crippen LogP contribution >= 0.6 is 43.6 Å². The Morgan fingerprint density at radius 3 is 2.12 bits per heavy atom. The van der Waals surface area contributed by atoms with Gasteiger partial charge in [-0.05, 0) is 70.3 Å². The van der Waals surface area contributed by atoms with Crippen molar-refractivity contribution >= 4 is 49.3 Å². The molecule has 2 rings (SSSR count). The van der Waals surface area contributed by atoms with Crippen molar-refractivity contribution in [2.45, 2.75) is 20.8 Å². The number of aryl methyl sites for hydroxylation is 1. The van der Waals surface area contributed by atoms with E-state index in [1.54, 1.807) is 0 Å². The summed E-state index contributed by atoms with van der Waals surface area (Å²) in [7, 11) is 0. The fourth-order valence-electron chi connectivity index (χ4n) is 1.74. The van der Waals surface area contributed by atoms with Gasteiger partial charge in [0.05, 0.1) is 11.6 Å². The second-order valence-electron chi connectivity index (χ2n) is 3.92. The minimum absolute atomic E-state index is 0.998. The monoisotopic (exact) mass is 361 g/mol. The first kappa shape index (κ1) is 12.5. The third-order valence-corrected chi connectivity index (χ3v) is 5.08. The number of anilines is 1. The van der Waals surface area contributed by atoms with Crippen molar-refractivity contribution in [3.05, 3.63) is 37.2 Å². The topological polar surface area (TPSA) is 3.24 Å². The lowest BCUT2D eigenvalue weighted by atomic mass is 10.2. The van der Waals surface area contributed by atoms with Crippen LogP contribution in [0.1, 0.15) is 19.4 Å². The molecule has 1 aliphatic heterocycles. The van der Waals surface area contributed by atoms with E-state index in [0.29, 0.717) is 0 Å². The van der Waals surface area contributed by atoms with Gasteiger partial charge in [-0.25, -0.2) is 0 Å². The Labute approximate surface area is 118 Å². The number of hydrogen-bond acceptors (Lipinski definition) is 2. The van der Waals surface area contributed by atoms with Crippen molar-refractivity contribution < 1.29 is 0 Å². The van der Waals surface area contributed by atoms with Gasteiger partial charge in [-0.3, -0.25) is 0 Å². The molecule has 86 valence electrons. The molecule has 0 radical (unpaired) electrons. The predicted molar refractivity (Wildman–Crippen MR) is 79.9 cm³/mol. The van der Waals surface area contributed by atoms with Crippen LogP contribution in [-0.4, -0.2) is 5.88 Å². The van der Waals surface area contributed by atoms with E-state index in [1.807, 2.05) is 11.8 Å². The van der Waals surface area contributed by atoms with Crippen LogP contribution in [0.3, 0.4) is 0 Å². The highest BCUT2D eigenvalue weighted by Gasteiger charge is 2.22. The average molecular weight is 363 g/mol. The molecular formula is C12H13Br2NS. The maximum Gasteiger partial charge on any atom is 0.0729 e. The number of rotatable bonds is 1. The Balaban J connectivity index is 2.50. The van der Waals surface area contributed by atoms with Crippen molar-refractivity contribution in [2.75, 3.05) is 10.8 Å². The SMILES string of the molecule is CC1=C(C)N(c2c(Br)cc(C)cc2Br)CS1. The number of thioether (sulfide) groups is 1. The summed E-state index contributed by atoms with van der Waals surface area (Å²) in [6.45, 7) is 6.45. The second kappa shape index (κ2) is 4.75. The van der Waals surface area contributed by atoms with Crippen LogP contribution in [0.25, 0.3) is 0 Å². The van der Waals surface area contributed by atoms with Crippen LogP contribution in [0.15, 0.2) is 31.7 Å². The molecule has 0 spiro atoms. The Hall–Kier alpha value is 0.0700. The van der Waals surface area contributed by atoms with E-state index in [2.05, 4.69) is 69.7 Å². The molecule has 4 heteroatoms. The van der Waals surface area contributed by atoms with E-state index in [0.717, 1.165) is 14.8 Å². The lowest BCUT2D eigenvalue weighted by molar-refractivity contribution is 1.06. The molecule has 0 fully saturated rings. The molecule has 1 nitrogen and oxygen atoms in total. The molecule has 1 aliphatic rings. The van der Waals surface area contributed by atoms with Crippen molar-refractivity contribution in [1.82, 2.24) is 0 Å². The van der Waals surface area contributed by atoms with E-state index in [9.17, 15) is 0 Å². The maximum absolute atomic E-state index is 3.65. The van der Waals surface area contributed by atoms with E-state index in [1.165, 1.54) is 21.9 Å². The Bertz CT molecular complexity index is 445. The third kappa shape index (κ3) is 2.20. The van der Waals surface area contributed by atoms with Crippen LogP contribution in [-0.2, 0) is 0 Å². The predicted octanol–water partition coefficient (Wildman–Crippen LogP) is 5.28. The zero-order valence-corrected chi connectivity index (χ0v) is 13.5. The van der Waals surface area contributed by atoms with Crippen molar-refractivity contribution in [3.63, 3.8) is 0 Å². The quantitative estimate of drug-likeness (QED) is 0.668. The minimum atomic E-state index is 0.998. The molecule has 0 aromatic heterocycles. The van der Waals surface area contributed by atoms with Gasteiger partial charge in [0.25, 0.3) is 0 Å². The first-order chi connectivity index (χ1) is 7.50. The Morgan fingerprint density at radius 1 is 1.12 bits per heavy atom. The number of benzene rings is 1. The Morgan fingerprint density at radius 2 is 1.69 bits per heavy atom. The molecule has 0 saturated heterocycles. The lowest BCUT2D eigenvalue weighted by Gasteiger charge is -2.22. The number of nitrogens with zero attached hydrogens (tertiary/aromatic N) is 1. The molecular weight excluding hydrogens is 350 g/mol. The molecule has 0 amide bonds. The van der Waals surface area contributed by atoms with Crippen LogP contribution in [0.2, 0.25) is 0 Å². The zero-order chi connectivity index (χ0) is 11.9. The summed E-state index contributed by atoms with van der Waals surface area (Å²) in [4.78, 5) is 3.74. The largest absolute Gasteiger partial charge is 0.333 e. The summed E-state index contributed by atoms with van der Waals surface area (Å²) < 4.78 is 2.29. The van der Waals surface area contributed by atoms with Crippen LogP contribution < -0.4 is 4.90 Å². The molecule has 0 aliphatic carbocycles. The normalized spacial score (nSPS) is 16.2.